The molecule has 1 N–H and O–H groups in total. The number of carbonyl (C=O) groups excluding carboxylic acids is 1. The molecule has 0 radical (unpaired) electrons. The van der Waals surface area contributed by atoms with Gasteiger partial charge in [0.25, 0.3) is 5.91 Å². The summed E-state index contributed by atoms with van der Waals surface area (Å²) in [6.45, 7) is 7.10. The van der Waals surface area contributed by atoms with Crippen molar-refractivity contribution in [2.45, 2.75) is 45.6 Å². The lowest BCUT2D eigenvalue weighted by Crippen LogP contribution is -2.39. The minimum absolute atomic E-state index is 0.0469. The van der Waals surface area contributed by atoms with Crippen molar-refractivity contribution in [3.63, 3.8) is 0 Å². The van der Waals surface area contributed by atoms with Gasteiger partial charge >= 0.3 is 5.97 Å². The van der Waals surface area contributed by atoms with Crippen LogP contribution in [-0.4, -0.2) is 49.7 Å². The van der Waals surface area contributed by atoms with E-state index in [2.05, 4.69) is 23.9 Å². The Bertz CT molecular complexity index is 820. The molecule has 0 atom stereocenters. The third kappa shape index (κ3) is 3.47. The van der Waals surface area contributed by atoms with Crippen molar-refractivity contribution in [3.8, 4) is 0 Å². The molecule has 0 spiro atoms. The van der Waals surface area contributed by atoms with Crippen molar-refractivity contribution in [2.75, 3.05) is 13.1 Å². The maximum absolute atomic E-state index is 12.7. The molecule has 1 aliphatic rings. The molecule has 7 nitrogen and oxygen atoms in total. The van der Waals surface area contributed by atoms with E-state index in [1.165, 1.54) is 6.20 Å². The number of piperidine rings is 1. The molecule has 0 bridgehead atoms. The van der Waals surface area contributed by atoms with Gasteiger partial charge < -0.3 is 10.0 Å². The summed E-state index contributed by atoms with van der Waals surface area (Å²) in [7, 11) is 0. The van der Waals surface area contributed by atoms with Crippen LogP contribution in [0.15, 0.2) is 24.4 Å². The zero-order valence-electron chi connectivity index (χ0n) is 15.3. The number of carboxylic acids is 1. The Labute approximate surface area is 152 Å². The number of rotatable bonds is 4. The molecule has 3 rings (SSSR count). The first-order valence-electron chi connectivity index (χ1n) is 8.92. The topological polar surface area (TPSA) is 88.3 Å². The molecule has 1 amide bonds. The molecule has 7 heteroatoms. The zero-order chi connectivity index (χ0) is 18.8. The highest BCUT2D eigenvalue weighted by Gasteiger charge is 2.27. The molecule has 0 aliphatic carbocycles. The summed E-state index contributed by atoms with van der Waals surface area (Å²) < 4.78 is 1.78. The molecule has 26 heavy (non-hydrogen) atoms. The summed E-state index contributed by atoms with van der Waals surface area (Å²) in [6.07, 6.45) is 2.89. The Morgan fingerprint density at radius 3 is 2.50 bits per heavy atom. The molecular formula is C19H24N4O3. The minimum atomic E-state index is -0.961. The Hall–Kier alpha value is -2.70. The van der Waals surface area contributed by atoms with E-state index in [4.69, 9.17) is 5.11 Å². The zero-order valence-corrected chi connectivity index (χ0v) is 15.3. The first kappa shape index (κ1) is 18.1. The van der Waals surface area contributed by atoms with Crippen molar-refractivity contribution in [3.05, 3.63) is 47.0 Å². The number of nitrogens with zero attached hydrogens (tertiary/aromatic N) is 4. The van der Waals surface area contributed by atoms with Crippen molar-refractivity contribution in [1.29, 1.82) is 0 Å². The van der Waals surface area contributed by atoms with Crippen molar-refractivity contribution < 1.29 is 14.7 Å². The second kappa shape index (κ2) is 7.27. The Balaban J connectivity index is 1.68. The fourth-order valence-corrected chi connectivity index (χ4v) is 3.37. The number of likely N-dealkylation sites (tertiary alicyclic amines) is 1. The maximum atomic E-state index is 12.7. The number of amides is 1. The summed E-state index contributed by atoms with van der Waals surface area (Å²) in [5.74, 6) is -0.730. The third-order valence-electron chi connectivity index (χ3n) is 4.95. The lowest BCUT2D eigenvalue weighted by Gasteiger charge is -2.32. The van der Waals surface area contributed by atoms with Gasteiger partial charge in [0.1, 0.15) is 11.3 Å². The molecule has 0 aromatic carbocycles. The van der Waals surface area contributed by atoms with Crippen LogP contribution in [0.3, 0.4) is 0 Å². The fourth-order valence-electron chi connectivity index (χ4n) is 3.37. The van der Waals surface area contributed by atoms with Crippen LogP contribution in [0.25, 0.3) is 0 Å². The highest BCUT2D eigenvalue weighted by atomic mass is 16.4. The SMILES string of the molecule is Cc1c(C(=O)O)cnn1C1CCN(C(=O)c2cccc(C(C)C)n2)CC1. The first-order valence-corrected chi connectivity index (χ1v) is 8.92. The van der Waals surface area contributed by atoms with E-state index in [9.17, 15) is 9.59 Å². The third-order valence-corrected chi connectivity index (χ3v) is 4.95. The summed E-state index contributed by atoms with van der Waals surface area (Å²) in [4.78, 5) is 30.2. The van der Waals surface area contributed by atoms with Crippen LogP contribution in [0.2, 0.25) is 0 Å². The minimum Gasteiger partial charge on any atom is -0.478 e. The average Bonchev–Trinajstić information content (AvgIpc) is 3.03. The Morgan fingerprint density at radius 1 is 1.23 bits per heavy atom. The number of hydrogen-bond acceptors (Lipinski definition) is 4. The van der Waals surface area contributed by atoms with E-state index in [1.54, 1.807) is 17.7 Å². The molecule has 2 aromatic rings. The maximum Gasteiger partial charge on any atom is 0.339 e. The van der Waals surface area contributed by atoms with E-state index in [-0.39, 0.29) is 23.4 Å². The van der Waals surface area contributed by atoms with Crippen LogP contribution in [0.4, 0.5) is 0 Å². The predicted molar refractivity (Wildman–Crippen MR) is 96.4 cm³/mol. The van der Waals surface area contributed by atoms with Gasteiger partial charge in [-0.05, 0) is 37.8 Å². The lowest BCUT2D eigenvalue weighted by atomic mass is 10.0. The van der Waals surface area contributed by atoms with Gasteiger partial charge in [-0.15, -0.1) is 0 Å². The monoisotopic (exact) mass is 356 g/mol. The van der Waals surface area contributed by atoms with E-state index in [1.807, 2.05) is 17.0 Å². The first-order chi connectivity index (χ1) is 12.4. The number of hydrogen-bond donors (Lipinski definition) is 1. The van der Waals surface area contributed by atoms with Crippen LogP contribution < -0.4 is 0 Å². The molecule has 1 aliphatic heterocycles. The second-order valence-corrected chi connectivity index (χ2v) is 7.02. The normalized spacial score (nSPS) is 15.5. The number of carboxylic acid groups (broad SMARTS) is 1. The largest absolute Gasteiger partial charge is 0.478 e. The van der Waals surface area contributed by atoms with Crippen molar-refractivity contribution in [1.82, 2.24) is 19.7 Å². The molecule has 2 aromatic heterocycles. The summed E-state index contributed by atoms with van der Waals surface area (Å²) in [5, 5.41) is 13.4. The van der Waals surface area contributed by atoms with Gasteiger partial charge in [0, 0.05) is 18.8 Å². The van der Waals surface area contributed by atoms with Gasteiger partial charge in [0.05, 0.1) is 17.9 Å². The second-order valence-electron chi connectivity index (χ2n) is 7.02. The van der Waals surface area contributed by atoms with Crippen LogP contribution in [0.1, 0.15) is 70.9 Å². The van der Waals surface area contributed by atoms with Gasteiger partial charge in [-0.3, -0.25) is 9.48 Å². The van der Waals surface area contributed by atoms with Gasteiger partial charge in [-0.25, -0.2) is 9.78 Å². The lowest BCUT2D eigenvalue weighted by molar-refractivity contribution is 0.0682. The molecular weight excluding hydrogens is 332 g/mol. The summed E-state index contributed by atoms with van der Waals surface area (Å²) in [6, 6.07) is 5.69. The van der Waals surface area contributed by atoms with Gasteiger partial charge in [0.2, 0.25) is 0 Å². The highest BCUT2D eigenvalue weighted by molar-refractivity contribution is 5.92. The van der Waals surface area contributed by atoms with E-state index in [0.717, 1.165) is 18.5 Å². The highest BCUT2D eigenvalue weighted by Crippen LogP contribution is 2.25. The van der Waals surface area contributed by atoms with E-state index in [0.29, 0.717) is 24.5 Å². The number of pyridine rings is 1. The summed E-state index contributed by atoms with van der Waals surface area (Å²) in [5.41, 5.74) is 2.30. The average molecular weight is 356 g/mol. The van der Waals surface area contributed by atoms with E-state index < -0.39 is 5.97 Å². The Kier molecular flexibility index (Phi) is 5.06. The molecule has 0 unspecified atom stereocenters. The molecule has 3 heterocycles. The number of aromatic nitrogens is 3. The van der Waals surface area contributed by atoms with Crippen LogP contribution in [0, 0.1) is 6.92 Å². The van der Waals surface area contributed by atoms with Gasteiger partial charge in [-0.1, -0.05) is 19.9 Å². The van der Waals surface area contributed by atoms with Gasteiger partial charge in [0.15, 0.2) is 0 Å². The summed E-state index contributed by atoms with van der Waals surface area (Å²) >= 11 is 0. The quantitative estimate of drug-likeness (QED) is 0.910. The smallest absolute Gasteiger partial charge is 0.339 e. The predicted octanol–water partition coefficient (Wildman–Crippen LogP) is 2.89. The number of aromatic carboxylic acids is 1. The van der Waals surface area contributed by atoms with E-state index >= 15 is 0 Å². The van der Waals surface area contributed by atoms with Gasteiger partial charge in [-0.2, -0.15) is 5.10 Å². The van der Waals surface area contributed by atoms with Crippen molar-refractivity contribution >= 4 is 11.9 Å². The van der Waals surface area contributed by atoms with Crippen molar-refractivity contribution in [2.24, 2.45) is 0 Å². The number of carbonyl (C=O) groups is 2. The van der Waals surface area contributed by atoms with Crippen LogP contribution in [-0.2, 0) is 0 Å². The molecule has 138 valence electrons. The van der Waals surface area contributed by atoms with Crippen LogP contribution in [0.5, 0.6) is 0 Å². The molecule has 1 fully saturated rings. The van der Waals surface area contributed by atoms with Crippen LogP contribution >= 0.6 is 0 Å². The molecule has 0 saturated carbocycles. The standard InChI is InChI=1S/C19H24N4O3/c1-12(2)16-5-4-6-17(21-16)18(24)22-9-7-14(8-10-22)23-13(3)15(11-20-23)19(25)26/h4-6,11-12,14H,7-10H2,1-3H3,(H,25,26). The Morgan fingerprint density at radius 2 is 1.92 bits per heavy atom. The fraction of sp³-hybridized carbons (Fsp3) is 0.474. The molecule has 1 saturated heterocycles.